The first-order chi connectivity index (χ1) is 12.7. The molecule has 3 heterocycles. The molecule has 142 valence electrons. The van der Waals surface area contributed by atoms with Gasteiger partial charge < -0.3 is 10.0 Å². The number of hydrogen-bond acceptors (Lipinski definition) is 5. The summed E-state index contributed by atoms with van der Waals surface area (Å²) in [6.45, 7) is 7.38. The third-order valence-corrected chi connectivity index (χ3v) is 4.70. The van der Waals surface area contributed by atoms with Gasteiger partial charge in [-0.15, -0.1) is 0 Å². The number of likely N-dealkylation sites (tertiary alicyclic amines) is 1. The van der Waals surface area contributed by atoms with E-state index >= 15 is 0 Å². The van der Waals surface area contributed by atoms with Crippen molar-refractivity contribution in [2.75, 3.05) is 13.1 Å². The van der Waals surface area contributed by atoms with Crippen LogP contribution in [0.2, 0.25) is 0 Å². The number of pyridine rings is 1. The van der Waals surface area contributed by atoms with E-state index in [0.29, 0.717) is 17.2 Å². The maximum absolute atomic E-state index is 12.4. The van der Waals surface area contributed by atoms with Gasteiger partial charge in [-0.3, -0.25) is 19.7 Å². The summed E-state index contributed by atoms with van der Waals surface area (Å²) in [5.74, 6) is -0.449. The van der Waals surface area contributed by atoms with Crippen LogP contribution in [0, 0.1) is 11.3 Å². The molecular formula is C20H24N4O3. The maximum atomic E-state index is 12.4. The highest BCUT2D eigenvalue weighted by Gasteiger charge is 2.32. The first-order valence-electron chi connectivity index (χ1n) is 9.03. The van der Waals surface area contributed by atoms with Crippen molar-refractivity contribution in [3.63, 3.8) is 0 Å². The Morgan fingerprint density at radius 2 is 1.96 bits per heavy atom. The Hall–Kier alpha value is -2.83. The second kappa shape index (κ2) is 7.42. The number of carboxylic acids is 1. The lowest BCUT2D eigenvalue weighted by Gasteiger charge is -2.25. The summed E-state index contributed by atoms with van der Waals surface area (Å²) in [6.07, 6.45) is 7.98. The molecule has 2 aromatic heterocycles. The molecule has 0 spiro atoms. The van der Waals surface area contributed by atoms with E-state index in [1.165, 1.54) is 12.3 Å². The molecule has 1 saturated heterocycles. The Bertz CT molecular complexity index is 843. The summed E-state index contributed by atoms with van der Waals surface area (Å²) in [6, 6.07) is 1.53. The minimum atomic E-state index is -1.02. The molecule has 1 aliphatic heterocycles. The predicted molar refractivity (Wildman–Crippen MR) is 100 cm³/mol. The SMILES string of the molecule is CC(C)(C)C(=O)N1CC[C@@H](Cc2cnc(-c3cncc(C(=O)O)c3)cn2)C1. The Balaban J connectivity index is 1.64. The number of carbonyl (C=O) groups is 2. The van der Waals surface area contributed by atoms with Crippen LogP contribution < -0.4 is 0 Å². The van der Waals surface area contributed by atoms with Gasteiger partial charge in [0.05, 0.1) is 23.1 Å². The van der Waals surface area contributed by atoms with Crippen molar-refractivity contribution in [3.8, 4) is 11.3 Å². The standard InChI is InChI=1S/C20H24N4O3/c1-20(2,3)19(27)24-5-4-13(12-24)6-16-10-23-17(11-22-16)14-7-15(18(25)26)9-21-8-14/h7-11,13H,4-6,12H2,1-3H3,(H,25,26)/t13-/m0/s1. The molecule has 0 radical (unpaired) electrons. The molecule has 7 nitrogen and oxygen atoms in total. The quantitative estimate of drug-likeness (QED) is 0.891. The van der Waals surface area contributed by atoms with Gasteiger partial charge in [-0.1, -0.05) is 20.8 Å². The monoisotopic (exact) mass is 368 g/mol. The van der Waals surface area contributed by atoms with Gasteiger partial charge in [0.25, 0.3) is 0 Å². The molecule has 0 saturated carbocycles. The van der Waals surface area contributed by atoms with E-state index in [1.54, 1.807) is 18.6 Å². The van der Waals surface area contributed by atoms with Gasteiger partial charge in [0.15, 0.2) is 0 Å². The lowest BCUT2D eigenvalue weighted by atomic mass is 9.95. The molecule has 2 aromatic rings. The van der Waals surface area contributed by atoms with Gasteiger partial charge >= 0.3 is 5.97 Å². The van der Waals surface area contributed by atoms with Crippen molar-refractivity contribution in [1.29, 1.82) is 0 Å². The summed E-state index contributed by atoms with van der Waals surface area (Å²) in [5.41, 5.74) is 1.85. The van der Waals surface area contributed by atoms with Crippen LogP contribution in [0.4, 0.5) is 0 Å². The van der Waals surface area contributed by atoms with E-state index in [1.807, 2.05) is 25.7 Å². The number of nitrogens with zero attached hydrogens (tertiary/aromatic N) is 4. The van der Waals surface area contributed by atoms with Crippen molar-refractivity contribution in [2.24, 2.45) is 11.3 Å². The molecule has 0 unspecified atom stereocenters. The lowest BCUT2D eigenvalue weighted by molar-refractivity contribution is -0.138. The van der Waals surface area contributed by atoms with E-state index in [-0.39, 0.29) is 16.9 Å². The number of carbonyl (C=O) groups excluding carboxylic acids is 1. The Kier molecular flexibility index (Phi) is 5.21. The van der Waals surface area contributed by atoms with Gasteiger partial charge in [0.1, 0.15) is 0 Å². The van der Waals surface area contributed by atoms with E-state index < -0.39 is 5.97 Å². The number of amides is 1. The second-order valence-corrected chi connectivity index (χ2v) is 8.02. The fourth-order valence-electron chi connectivity index (χ4n) is 3.26. The second-order valence-electron chi connectivity index (χ2n) is 8.02. The van der Waals surface area contributed by atoms with Crippen LogP contribution in [0.1, 0.15) is 43.2 Å². The molecule has 7 heteroatoms. The van der Waals surface area contributed by atoms with E-state index in [9.17, 15) is 9.59 Å². The molecule has 27 heavy (non-hydrogen) atoms. The molecule has 1 aliphatic rings. The van der Waals surface area contributed by atoms with Gasteiger partial charge in [-0.25, -0.2) is 4.79 Å². The van der Waals surface area contributed by atoms with Crippen molar-refractivity contribution in [1.82, 2.24) is 19.9 Å². The highest BCUT2D eigenvalue weighted by molar-refractivity contribution is 5.88. The van der Waals surface area contributed by atoms with Crippen LogP contribution in [0.3, 0.4) is 0 Å². The molecule has 1 amide bonds. The smallest absolute Gasteiger partial charge is 0.337 e. The van der Waals surface area contributed by atoms with Gasteiger partial charge in [-0.2, -0.15) is 0 Å². The molecular weight excluding hydrogens is 344 g/mol. The van der Waals surface area contributed by atoms with Crippen LogP contribution in [-0.4, -0.2) is 49.9 Å². The molecule has 3 rings (SSSR count). The van der Waals surface area contributed by atoms with Crippen LogP contribution in [-0.2, 0) is 11.2 Å². The van der Waals surface area contributed by atoms with E-state index in [0.717, 1.165) is 31.6 Å². The van der Waals surface area contributed by atoms with Crippen molar-refractivity contribution < 1.29 is 14.7 Å². The zero-order chi connectivity index (χ0) is 19.6. The highest BCUT2D eigenvalue weighted by atomic mass is 16.4. The fraction of sp³-hybridized carbons (Fsp3) is 0.450. The van der Waals surface area contributed by atoms with E-state index in [4.69, 9.17) is 5.11 Å². The number of aromatic carboxylic acids is 1. The first kappa shape index (κ1) is 18.9. The zero-order valence-electron chi connectivity index (χ0n) is 15.8. The minimum Gasteiger partial charge on any atom is -0.478 e. The molecule has 0 aliphatic carbocycles. The Morgan fingerprint density at radius 3 is 2.59 bits per heavy atom. The molecule has 1 N–H and O–H groups in total. The van der Waals surface area contributed by atoms with Crippen molar-refractivity contribution >= 4 is 11.9 Å². The topological polar surface area (TPSA) is 96.3 Å². The normalized spacial score (nSPS) is 17.1. The van der Waals surface area contributed by atoms with Crippen LogP contribution in [0.5, 0.6) is 0 Å². The number of carboxylic acid groups (broad SMARTS) is 1. The summed E-state index contributed by atoms with van der Waals surface area (Å²) in [5, 5.41) is 9.07. The van der Waals surface area contributed by atoms with Crippen LogP contribution in [0.25, 0.3) is 11.3 Å². The third-order valence-electron chi connectivity index (χ3n) is 4.70. The maximum Gasteiger partial charge on any atom is 0.337 e. The average Bonchev–Trinajstić information content (AvgIpc) is 3.09. The van der Waals surface area contributed by atoms with Gasteiger partial charge in [-0.05, 0) is 24.8 Å². The Morgan fingerprint density at radius 1 is 1.19 bits per heavy atom. The lowest BCUT2D eigenvalue weighted by Crippen LogP contribution is -2.38. The van der Waals surface area contributed by atoms with Gasteiger partial charge in [0.2, 0.25) is 5.91 Å². The highest BCUT2D eigenvalue weighted by Crippen LogP contribution is 2.26. The first-order valence-corrected chi connectivity index (χ1v) is 9.03. The number of rotatable bonds is 4. The predicted octanol–water partition coefficient (Wildman–Crippen LogP) is 2.67. The van der Waals surface area contributed by atoms with Crippen LogP contribution in [0.15, 0.2) is 30.9 Å². The van der Waals surface area contributed by atoms with Crippen LogP contribution >= 0.6 is 0 Å². The Labute approximate surface area is 158 Å². The molecule has 1 fully saturated rings. The van der Waals surface area contributed by atoms with Crippen molar-refractivity contribution in [2.45, 2.75) is 33.6 Å². The number of hydrogen-bond donors (Lipinski definition) is 1. The third kappa shape index (κ3) is 4.48. The molecule has 0 aromatic carbocycles. The van der Waals surface area contributed by atoms with Crippen molar-refractivity contribution in [3.05, 3.63) is 42.1 Å². The molecule has 1 atom stereocenters. The summed E-state index contributed by atoms with van der Waals surface area (Å²) in [4.78, 5) is 38.2. The summed E-state index contributed by atoms with van der Waals surface area (Å²) in [7, 11) is 0. The minimum absolute atomic E-state index is 0.118. The molecule has 0 bridgehead atoms. The zero-order valence-corrected chi connectivity index (χ0v) is 15.8. The van der Waals surface area contributed by atoms with Gasteiger partial charge in [0, 0.05) is 42.7 Å². The average molecular weight is 368 g/mol. The van der Waals surface area contributed by atoms with E-state index in [2.05, 4.69) is 15.0 Å². The fourth-order valence-corrected chi connectivity index (χ4v) is 3.26. The summed E-state index contributed by atoms with van der Waals surface area (Å²) < 4.78 is 0. The summed E-state index contributed by atoms with van der Waals surface area (Å²) >= 11 is 0. The largest absolute Gasteiger partial charge is 0.478 e. The number of aromatic nitrogens is 3.